The van der Waals surface area contributed by atoms with Gasteiger partial charge in [0.1, 0.15) is 11.2 Å². The van der Waals surface area contributed by atoms with Gasteiger partial charge in [0.05, 0.1) is 22.1 Å². The van der Waals surface area contributed by atoms with Gasteiger partial charge in [-0.2, -0.15) is 0 Å². The SMILES string of the molecule is c1cc(-c2ccc3sc4ccccc4c3c2)cc(N(c2ccc(-c3cccc4ccccc34)cc2)c2ccc(-c3cccc(-n4c5ccccc5c5ccccc54)c3)c3oc4ccccc4c23)c1. The summed E-state index contributed by atoms with van der Waals surface area (Å²) in [7, 11) is 0. The fourth-order valence-electron chi connectivity index (χ4n) is 10.7. The Labute approximate surface area is 396 Å². The molecule has 0 spiro atoms. The van der Waals surface area contributed by atoms with Gasteiger partial charge in [0.25, 0.3) is 0 Å². The minimum absolute atomic E-state index is 0.853. The van der Waals surface area contributed by atoms with Gasteiger partial charge in [0.15, 0.2) is 0 Å². The molecule has 68 heavy (non-hydrogen) atoms. The Balaban J connectivity index is 0.966. The summed E-state index contributed by atoms with van der Waals surface area (Å²) < 4.78 is 12.0. The number of aromatic nitrogens is 1. The second-order valence-electron chi connectivity index (χ2n) is 17.6. The van der Waals surface area contributed by atoms with Crippen LogP contribution in [-0.4, -0.2) is 4.57 Å². The number of para-hydroxylation sites is 3. The highest BCUT2D eigenvalue weighted by molar-refractivity contribution is 7.25. The van der Waals surface area contributed by atoms with E-state index in [0.29, 0.717) is 0 Å². The van der Waals surface area contributed by atoms with Crippen molar-refractivity contribution in [3.8, 4) is 39.1 Å². The van der Waals surface area contributed by atoms with E-state index in [0.717, 1.165) is 61.4 Å². The molecule has 0 saturated carbocycles. The van der Waals surface area contributed by atoms with Gasteiger partial charge in [-0.3, -0.25) is 0 Å². The quantitative estimate of drug-likeness (QED) is 0.159. The van der Waals surface area contributed by atoms with Gasteiger partial charge in [-0.15, -0.1) is 11.3 Å². The Hall–Kier alpha value is -8.70. The van der Waals surface area contributed by atoms with Crippen molar-refractivity contribution < 1.29 is 4.42 Å². The monoisotopic (exact) mass is 884 g/mol. The first-order valence-electron chi connectivity index (χ1n) is 23.2. The lowest BCUT2D eigenvalue weighted by Crippen LogP contribution is -2.10. The van der Waals surface area contributed by atoms with Crippen molar-refractivity contribution in [3.63, 3.8) is 0 Å². The van der Waals surface area contributed by atoms with Crippen LogP contribution in [-0.2, 0) is 0 Å². The molecule has 0 radical (unpaired) electrons. The smallest absolute Gasteiger partial charge is 0.145 e. The predicted octanol–water partition coefficient (Wildman–Crippen LogP) is 18.7. The molecule has 0 bridgehead atoms. The summed E-state index contributed by atoms with van der Waals surface area (Å²) >= 11 is 1.85. The predicted molar refractivity (Wildman–Crippen MR) is 289 cm³/mol. The maximum Gasteiger partial charge on any atom is 0.145 e. The zero-order chi connectivity index (χ0) is 44.7. The molecule has 14 aromatic rings. The Morgan fingerprint density at radius 3 is 1.84 bits per heavy atom. The van der Waals surface area contributed by atoms with Gasteiger partial charge in [0, 0.05) is 59.0 Å². The van der Waals surface area contributed by atoms with Crippen LogP contribution in [0.25, 0.3) is 114 Å². The second kappa shape index (κ2) is 15.5. The summed E-state index contributed by atoms with van der Waals surface area (Å²) in [6.07, 6.45) is 0. The zero-order valence-corrected chi connectivity index (χ0v) is 37.6. The van der Waals surface area contributed by atoms with Crippen molar-refractivity contribution in [2.75, 3.05) is 4.90 Å². The zero-order valence-electron chi connectivity index (χ0n) is 36.8. The molecule has 0 fully saturated rings. The number of hydrogen-bond acceptors (Lipinski definition) is 3. The molecular formula is C64H40N2OS. The fourth-order valence-corrected chi connectivity index (χ4v) is 11.7. The van der Waals surface area contributed by atoms with E-state index in [-0.39, 0.29) is 0 Å². The summed E-state index contributed by atoms with van der Waals surface area (Å²) in [4.78, 5) is 2.41. The van der Waals surface area contributed by atoms with Gasteiger partial charge < -0.3 is 13.9 Å². The molecule has 0 unspecified atom stereocenters. The lowest BCUT2D eigenvalue weighted by atomic mass is 9.97. The molecular weight excluding hydrogens is 845 g/mol. The number of thiophene rings is 1. The van der Waals surface area contributed by atoms with Crippen LogP contribution < -0.4 is 4.90 Å². The Kier molecular flexibility index (Phi) is 8.76. The van der Waals surface area contributed by atoms with E-state index in [9.17, 15) is 0 Å². The van der Waals surface area contributed by atoms with Crippen LogP contribution in [0.3, 0.4) is 0 Å². The van der Waals surface area contributed by atoms with Crippen LogP contribution in [0.2, 0.25) is 0 Å². The van der Waals surface area contributed by atoms with Gasteiger partial charge in [-0.1, -0.05) is 158 Å². The van der Waals surface area contributed by atoms with E-state index in [4.69, 9.17) is 4.42 Å². The number of fused-ring (bicyclic) bond motifs is 10. The summed E-state index contributed by atoms with van der Waals surface area (Å²) in [5.41, 5.74) is 15.2. The minimum atomic E-state index is 0.853. The molecule has 0 atom stereocenters. The third-order valence-electron chi connectivity index (χ3n) is 13.8. The van der Waals surface area contributed by atoms with E-state index >= 15 is 0 Å². The lowest BCUT2D eigenvalue weighted by Gasteiger charge is -2.27. The molecule has 0 saturated heterocycles. The maximum atomic E-state index is 7.02. The van der Waals surface area contributed by atoms with Crippen molar-refractivity contribution >= 4 is 103 Å². The van der Waals surface area contributed by atoms with Crippen molar-refractivity contribution in [1.29, 1.82) is 0 Å². The van der Waals surface area contributed by atoms with Crippen LogP contribution in [0, 0.1) is 0 Å². The molecule has 14 rings (SSSR count). The average Bonchev–Trinajstić information content (AvgIpc) is 4.09. The van der Waals surface area contributed by atoms with Crippen molar-refractivity contribution in [2.45, 2.75) is 0 Å². The minimum Gasteiger partial charge on any atom is -0.455 e. The highest BCUT2D eigenvalue weighted by atomic mass is 32.1. The number of benzene rings is 11. The largest absolute Gasteiger partial charge is 0.455 e. The molecule has 3 nitrogen and oxygen atoms in total. The van der Waals surface area contributed by atoms with Crippen molar-refractivity contribution in [1.82, 2.24) is 4.57 Å². The molecule has 0 N–H and O–H groups in total. The van der Waals surface area contributed by atoms with E-state index in [2.05, 4.69) is 252 Å². The van der Waals surface area contributed by atoms with Gasteiger partial charge in [-0.05, 0) is 124 Å². The number of rotatable bonds is 7. The second-order valence-corrected chi connectivity index (χ2v) is 18.7. The van der Waals surface area contributed by atoms with Gasteiger partial charge in [-0.25, -0.2) is 0 Å². The van der Waals surface area contributed by atoms with E-state index < -0.39 is 0 Å². The topological polar surface area (TPSA) is 21.3 Å². The molecule has 0 aliphatic rings. The number of anilines is 3. The van der Waals surface area contributed by atoms with Crippen molar-refractivity contribution in [2.24, 2.45) is 0 Å². The Morgan fingerprint density at radius 1 is 0.368 bits per heavy atom. The molecule has 318 valence electrons. The fraction of sp³-hybridized carbons (Fsp3) is 0. The molecule has 3 aromatic heterocycles. The summed E-state index contributed by atoms with van der Waals surface area (Å²) in [5.74, 6) is 0. The van der Waals surface area contributed by atoms with E-state index in [1.807, 2.05) is 11.3 Å². The normalized spacial score (nSPS) is 11.8. The van der Waals surface area contributed by atoms with Crippen LogP contribution in [0.1, 0.15) is 0 Å². The van der Waals surface area contributed by atoms with Gasteiger partial charge >= 0.3 is 0 Å². The molecule has 0 aliphatic carbocycles. The molecule has 11 aromatic carbocycles. The third kappa shape index (κ3) is 6.12. The number of furan rings is 1. The van der Waals surface area contributed by atoms with Crippen LogP contribution >= 0.6 is 11.3 Å². The van der Waals surface area contributed by atoms with Crippen LogP contribution in [0.5, 0.6) is 0 Å². The summed E-state index contributed by atoms with van der Waals surface area (Å²) in [6, 6.07) is 88.2. The van der Waals surface area contributed by atoms with Crippen molar-refractivity contribution in [3.05, 3.63) is 243 Å². The third-order valence-corrected chi connectivity index (χ3v) is 14.9. The number of hydrogen-bond donors (Lipinski definition) is 0. The van der Waals surface area contributed by atoms with Gasteiger partial charge in [0.2, 0.25) is 0 Å². The standard InChI is InChI=1S/C64H40N2OS/c1-2-20-49-41(14-1)15-13-25-50(49)42-30-33-46(34-31-42)65(47-18-11-16-43(38-47)44-32-37-62-56(40-44)54-23-6-10-29-61(54)68-62)59-36-35-51(64-63(59)55-24-5-9-28-60(55)67-64)45-17-12-19-48(39-45)66-57-26-7-3-21-52(57)53-22-4-8-27-58(53)66/h1-40H. The first-order chi connectivity index (χ1) is 33.7. The lowest BCUT2D eigenvalue weighted by molar-refractivity contribution is 0.670. The van der Waals surface area contributed by atoms with E-state index in [1.54, 1.807) is 0 Å². The van der Waals surface area contributed by atoms with E-state index in [1.165, 1.54) is 69.4 Å². The first kappa shape index (κ1) is 38.6. The number of nitrogens with zero attached hydrogens (tertiary/aromatic N) is 2. The first-order valence-corrected chi connectivity index (χ1v) is 24.0. The Morgan fingerprint density at radius 2 is 1.00 bits per heavy atom. The molecule has 4 heteroatoms. The summed E-state index contributed by atoms with van der Waals surface area (Å²) in [5, 5.41) is 9.69. The highest BCUT2D eigenvalue weighted by Gasteiger charge is 2.23. The average molecular weight is 885 g/mol. The molecule has 0 amide bonds. The molecule has 3 heterocycles. The maximum absolute atomic E-state index is 7.02. The Bertz CT molecular complexity index is 4230. The highest BCUT2D eigenvalue weighted by Crippen LogP contribution is 2.48. The van der Waals surface area contributed by atoms with Crippen LogP contribution in [0.15, 0.2) is 247 Å². The molecule has 0 aliphatic heterocycles. The van der Waals surface area contributed by atoms with Crippen LogP contribution in [0.4, 0.5) is 17.1 Å². The summed E-state index contributed by atoms with van der Waals surface area (Å²) in [6.45, 7) is 0.